The van der Waals surface area contributed by atoms with Gasteiger partial charge in [0.25, 0.3) is 0 Å². The molecule has 0 radical (unpaired) electrons. The van der Waals surface area contributed by atoms with Gasteiger partial charge in [0.2, 0.25) is 0 Å². The molecule has 2 aromatic rings. The quantitative estimate of drug-likeness (QED) is 0.828. The summed E-state index contributed by atoms with van der Waals surface area (Å²) in [6.07, 6.45) is 0. The van der Waals surface area contributed by atoms with Crippen molar-refractivity contribution in [1.29, 1.82) is 5.26 Å². The fourth-order valence-electron chi connectivity index (χ4n) is 2.15. The van der Waals surface area contributed by atoms with Crippen molar-refractivity contribution in [3.05, 3.63) is 64.7 Å². The zero-order chi connectivity index (χ0) is 13.8. The van der Waals surface area contributed by atoms with Gasteiger partial charge >= 0.3 is 0 Å². The van der Waals surface area contributed by atoms with E-state index in [1.165, 1.54) is 11.1 Å². The van der Waals surface area contributed by atoms with Crippen LogP contribution in [0.25, 0.3) is 0 Å². The normalized spacial score (nSPS) is 10.0. The number of rotatable bonds is 3. The summed E-state index contributed by atoms with van der Waals surface area (Å²) in [6.45, 7) is 4.98. The lowest BCUT2D eigenvalue weighted by Gasteiger charge is -2.21. The summed E-state index contributed by atoms with van der Waals surface area (Å²) in [4.78, 5) is 2.20. The van der Waals surface area contributed by atoms with E-state index in [2.05, 4.69) is 55.3 Å². The van der Waals surface area contributed by atoms with Gasteiger partial charge in [-0.05, 0) is 48.7 Å². The Morgan fingerprint density at radius 1 is 1.05 bits per heavy atom. The van der Waals surface area contributed by atoms with Crippen LogP contribution in [0, 0.1) is 25.2 Å². The van der Waals surface area contributed by atoms with Crippen LogP contribution < -0.4 is 4.90 Å². The molecule has 0 amide bonds. The smallest absolute Gasteiger partial charge is 0.0994 e. The molecule has 0 heterocycles. The summed E-state index contributed by atoms with van der Waals surface area (Å²) in [6, 6.07) is 16.6. The highest BCUT2D eigenvalue weighted by atomic mass is 15.1. The van der Waals surface area contributed by atoms with Crippen LogP contribution >= 0.6 is 0 Å². The van der Waals surface area contributed by atoms with Gasteiger partial charge in [0.15, 0.2) is 0 Å². The van der Waals surface area contributed by atoms with Crippen LogP contribution in [0.3, 0.4) is 0 Å². The van der Waals surface area contributed by atoms with Crippen molar-refractivity contribution >= 4 is 5.69 Å². The van der Waals surface area contributed by atoms with E-state index in [9.17, 15) is 0 Å². The third-order valence-corrected chi connectivity index (χ3v) is 3.44. The molecule has 0 N–H and O–H groups in total. The number of aryl methyl sites for hydroxylation is 2. The van der Waals surface area contributed by atoms with Gasteiger partial charge < -0.3 is 4.90 Å². The maximum Gasteiger partial charge on any atom is 0.0994 e. The van der Waals surface area contributed by atoms with E-state index < -0.39 is 0 Å². The minimum Gasteiger partial charge on any atom is -0.370 e. The zero-order valence-corrected chi connectivity index (χ0v) is 11.6. The Hall–Kier alpha value is -2.27. The fourth-order valence-corrected chi connectivity index (χ4v) is 2.15. The molecule has 0 aliphatic rings. The average Bonchev–Trinajstić information content (AvgIpc) is 2.41. The van der Waals surface area contributed by atoms with Gasteiger partial charge in [-0.25, -0.2) is 0 Å². The molecule has 0 saturated heterocycles. The van der Waals surface area contributed by atoms with Gasteiger partial charge in [-0.1, -0.05) is 24.3 Å². The van der Waals surface area contributed by atoms with Crippen LogP contribution in [0.5, 0.6) is 0 Å². The molecule has 2 rings (SSSR count). The molecule has 0 aromatic heterocycles. The number of nitrogens with zero attached hydrogens (tertiary/aromatic N) is 2. The number of hydrogen-bond acceptors (Lipinski definition) is 2. The number of anilines is 1. The predicted octanol–water partition coefficient (Wildman–Crippen LogP) is 3.81. The van der Waals surface area contributed by atoms with Gasteiger partial charge in [-0.3, -0.25) is 0 Å². The van der Waals surface area contributed by atoms with E-state index in [1.807, 2.05) is 19.1 Å². The molecule has 96 valence electrons. The molecule has 0 atom stereocenters. The van der Waals surface area contributed by atoms with Crippen molar-refractivity contribution in [2.45, 2.75) is 20.4 Å². The average molecular weight is 250 g/mol. The Kier molecular flexibility index (Phi) is 3.87. The number of hydrogen-bond donors (Lipinski definition) is 0. The molecule has 0 fully saturated rings. The van der Waals surface area contributed by atoms with Gasteiger partial charge in [0.1, 0.15) is 0 Å². The molecule has 0 saturated carbocycles. The van der Waals surface area contributed by atoms with Gasteiger partial charge in [-0.2, -0.15) is 5.26 Å². The van der Waals surface area contributed by atoms with Crippen molar-refractivity contribution < 1.29 is 0 Å². The van der Waals surface area contributed by atoms with Crippen LogP contribution in [0.15, 0.2) is 42.5 Å². The van der Waals surface area contributed by atoms with E-state index in [0.29, 0.717) is 0 Å². The van der Waals surface area contributed by atoms with Crippen LogP contribution in [-0.4, -0.2) is 7.05 Å². The highest BCUT2D eigenvalue weighted by molar-refractivity contribution is 5.53. The molecule has 0 aliphatic heterocycles. The van der Waals surface area contributed by atoms with Crippen LogP contribution in [-0.2, 0) is 6.54 Å². The van der Waals surface area contributed by atoms with Crippen molar-refractivity contribution in [3.63, 3.8) is 0 Å². The zero-order valence-electron chi connectivity index (χ0n) is 11.6. The standard InChI is InChI=1S/C17H18N2/c1-13-6-4-5-7-16(13)12-19(3)17-9-8-15(11-18)14(2)10-17/h4-10H,12H2,1-3H3. The topological polar surface area (TPSA) is 27.0 Å². The van der Waals surface area contributed by atoms with E-state index >= 15 is 0 Å². The molecule has 0 unspecified atom stereocenters. The molecule has 2 heteroatoms. The van der Waals surface area contributed by atoms with Crippen LogP contribution in [0.2, 0.25) is 0 Å². The Labute approximate surface area is 114 Å². The summed E-state index contributed by atoms with van der Waals surface area (Å²) in [7, 11) is 2.08. The minimum absolute atomic E-state index is 0.744. The molecular weight excluding hydrogens is 232 g/mol. The third-order valence-electron chi connectivity index (χ3n) is 3.44. The first-order valence-corrected chi connectivity index (χ1v) is 6.38. The summed E-state index contributed by atoms with van der Waals surface area (Å²) < 4.78 is 0. The molecular formula is C17H18N2. The molecule has 0 spiro atoms. The second-order valence-corrected chi connectivity index (χ2v) is 4.89. The Morgan fingerprint density at radius 2 is 1.79 bits per heavy atom. The number of benzene rings is 2. The van der Waals surface area contributed by atoms with Crippen molar-refractivity contribution in [2.75, 3.05) is 11.9 Å². The fraction of sp³-hybridized carbons (Fsp3) is 0.235. The van der Waals surface area contributed by atoms with Crippen molar-refractivity contribution in [1.82, 2.24) is 0 Å². The first-order valence-electron chi connectivity index (χ1n) is 6.38. The van der Waals surface area contributed by atoms with Gasteiger partial charge in [-0.15, -0.1) is 0 Å². The monoisotopic (exact) mass is 250 g/mol. The molecule has 2 aromatic carbocycles. The van der Waals surface area contributed by atoms with E-state index in [1.54, 1.807) is 0 Å². The number of nitriles is 1. The minimum atomic E-state index is 0.744. The lowest BCUT2D eigenvalue weighted by Crippen LogP contribution is -2.17. The highest BCUT2D eigenvalue weighted by Crippen LogP contribution is 2.20. The third kappa shape index (κ3) is 2.95. The predicted molar refractivity (Wildman–Crippen MR) is 79.2 cm³/mol. The highest BCUT2D eigenvalue weighted by Gasteiger charge is 2.06. The Morgan fingerprint density at radius 3 is 2.42 bits per heavy atom. The van der Waals surface area contributed by atoms with E-state index in [4.69, 9.17) is 5.26 Å². The van der Waals surface area contributed by atoms with Crippen molar-refractivity contribution in [3.8, 4) is 6.07 Å². The van der Waals surface area contributed by atoms with E-state index in [-0.39, 0.29) is 0 Å². The Bertz CT molecular complexity index is 623. The maximum atomic E-state index is 8.96. The molecule has 2 nitrogen and oxygen atoms in total. The second kappa shape index (κ2) is 5.58. The van der Waals surface area contributed by atoms with Crippen LogP contribution in [0.1, 0.15) is 22.3 Å². The van der Waals surface area contributed by atoms with Crippen molar-refractivity contribution in [2.24, 2.45) is 0 Å². The summed E-state index contributed by atoms with van der Waals surface area (Å²) >= 11 is 0. The SMILES string of the molecule is Cc1cc(N(C)Cc2ccccc2C)ccc1C#N. The molecule has 0 aliphatic carbocycles. The van der Waals surface area contributed by atoms with Gasteiger partial charge in [0, 0.05) is 19.3 Å². The van der Waals surface area contributed by atoms with E-state index in [0.717, 1.165) is 23.4 Å². The first-order chi connectivity index (χ1) is 9.11. The Balaban J connectivity index is 2.21. The first kappa shape index (κ1) is 13.2. The lowest BCUT2D eigenvalue weighted by molar-refractivity contribution is 0.913. The summed E-state index contributed by atoms with van der Waals surface area (Å²) in [5.41, 5.74) is 5.54. The van der Waals surface area contributed by atoms with Crippen LogP contribution in [0.4, 0.5) is 5.69 Å². The summed E-state index contributed by atoms with van der Waals surface area (Å²) in [5.74, 6) is 0. The molecule has 0 bridgehead atoms. The summed E-state index contributed by atoms with van der Waals surface area (Å²) in [5, 5.41) is 8.96. The molecule has 19 heavy (non-hydrogen) atoms. The largest absolute Gasteiger partial charge is 0.370 e. The van der Waals surface area contributed by atoms with Gasteiger partial charge in [0.05, 0.1) is 11.6 Å². The second-order valence-electron chi connectivity index (χ2n) is 4.89. The maximum absolute atomic E-state index is 8.96. The lowest BCUT2D eigenvalue weighted by atomic mass is 10.1.